The minimum Gasteiger partial charge on any atom is -0.492 e. The first-order chi connectivity index (χ1) is 10.9. The van der Waals surface area contributed by atoms with Gasteiger partial charge in [-0.1, -0.05) is 25.8 Å². The molecule has 4 nitrogen and oxygen atoms in total. The van der Waals surface area contributed by atoms with Gasteiger partial charge in [0, 0.05) is 0 Å². The molecular formula is C18H26BrNO3. The Morgan fingerprint density at radius 1 is 1.39 bits per heavy atom. The SMILES string of the molecule is CCCCCOc1c(C)cc(CC[C@]2(C)COC(=O)N2)cc1Br. The Morgan fingerprint density at radius 3 is 2.78 bits per heavy atom. The molecule has 1 aromatic carbocycles. The van der Waals surface area contributed by atoms with Gasteiger partial charge in [0.25, 0.3) is 0 Å². The van der Waals surface area contributed by atoms with Crippen LogP contribution in [0.4, 0.5) is 4.79 Å². The molecule has 1 saturated heterocycles. The zero-order valence-electron chi connectivity index (χ0n) is 14.2. The number of unbranched alkanes of at least 4 members (excludes halogenated alkanes) is 2. The van der Waals surface area contributed by atoms with Crippen LogP contribution in [0.15, 0.2) is 16.6 Å². The van der Waals surface area contributed by atoms with E-state index >= 15 is 0 Å². The molecular weight excluding hydrogens is 358 g/mol. The summed E-state index contributed by atoms with van der Waals surface area (Å²) < 4.78 is 11.9. The van der Waals surface area contributed by atoms with Crippen molar-refractivity contribution in [1.82, 2.24) is 5.32 Å². The molecule has 128 valence electrons. The normalized spacial score (nSPS) is 20.3. The summed E-state index contributed by atoms with van der Waals surface area (Å²) in [6.07, 6.45) is 4.89. The maximum absolute atomic E-state index is 11.2. The summed E-state index contributed by atoms with van der Waals surface area (Å²) in [6.45, 7) is 7.48. The van der Waals surface area contributed by atoms with E-state index in [2.05, 4.69) is 47.2 Å². The van der Waals surface area contributed by atoms with Crippen molar-refractivity contribution in [3.63, 3.8) is 0 Å². The maximum atomic E-state index is 11.2. The van der Waals surface area contributed by atoms with Gasteiger partial charge in [-0.3, -0.25) is 0 Å². The van der Waals surface area contributed by atoms with E-state index in [0.29, 0.717) is 6.61 Å². The number of alkyl carbamates (subject to hydrolysis) is 1. The molecule has 5 heteroatoms. The number of amides is 1. The molecule has 1 fully saturated rings. The standard InChI is InChI=1S/C18H26BrNO3/c1-4-5-6-9-22-16-13(2)10-14(11-15(16)19)7-8-18(3)12-23-17(21)20-18/h10-11H,4-9,12H2,1-3H3,(H,20,21)/t18-/m1/s1. The van der Waals surface area contributed by atoms with Crippen molar-refractivity contribution in [2.24, 2.45) is 0 Å². The van der Waals surface area contributed by atoms with Gasteiger partial charge in [-0.05, 0) is 66.2 Å². The number of cyclic esters (lactones) is 1. The smallest absolute Gasteiger partial charge is 0.407 e. The van der Waals surface area contributed by atoms with Gasteiger partial charge in [0.05, 0.1) is 16.6 Å². The fourth-order valence-corrected chi connectivity index (χ4v) is 3.47. The highest BCUT2D eigenvalue weighted by atomic mass is 79.9. The lowest BCUT2D eigenvalue weighted by Gasteiger charge is -2.21. The van der Waals surface area contributed by atoms with Gasteiger partial charge in [0.15, 0.2) is 0 Å². The molecule has 0 aliphatic carbocycles. The second kappa shape index (κ2) is 8.04. The molecule has 1 aliphatic rings. The predicted octanol–water partition coefficient (Wildman–Crippen LogP) is 4.76. The Hall–Kier alpha value is -1.23. The maximum Gasteiger partial charge on any atom is 0.407 e. The molecule has 0 unspecified atom stereocenters. The minimum atomic E-state index is -0.319. The Labute approximate surface area is 147 Å². The van der Waals surface area contributed by atoms with Gasteiger partial charge < -0.3 is 14.8 Å². The van der Waals surface area contributed by atoms with Crippen molar-refractivity contribution < 1.29 is 14.3 Å². The van der Waals surface area contributed by atoms with Gasteiger partial charge in [-0.25, -0.2) is 4.79 Å². The van der Waals surface area contributed by atoms with E-state index in [4.69, 9.17) is 9.47 Å². The van der Waals surface area contributed by atoms with Crippen molar-refractivity contribution in [3.8, 4) is 5.75 Å². The van der Waals surface area contributed by atoms with Crippen LogP contribution in [0.25, 0.3) is 0 Å². The third-order valence-electron chi connectivity index (χ3n) is 4.17. The summed E-state index contributed by atoms with van der Waals surface area (Å²) in [5, 5.41) is 2.88. The van der Waals surface area contributed by atoms with E-state index in [0.717, 1.165) is 41.7 Å². The Balaban J connectivity index is 1.95. The fourth-order valence-electron chi connectivity index (χ4n) is 2.75. The lowest BCUT2D eigenvalue weighted by atomic mass is 9.94. The quantitative estimate of drug-likeness (QED) is 0.658. The molecule has 1 amide bonds. The lowest BCUT2D eigenvalue weighted by molar-refractivity contribution is 0.172. The Kier molecular flexibility index (Phi) is 6.33. The average molecular weight is 384 g/mol. The van der Waals surface area contributed by atoms with Gasteiger partial charge in [-0.2, -0.15) is 0 Å². The molecule has 0 bridgehead atoms. The highest BCUT2D eigenvalue weighted by Crippen LogP contribution is 2.32. The zero-order chi connectivity index (χ0) is 16.9. The molecule has 0 saturated carbocycles. The van der Waals surface area contributed by atoms with Crippen molar-refractivity contribution in [1.29, 1.82) is 0 Å². The van der Waals surface area contributed by atoms with Crippen LogP contribution in [-0.4, -0.2) is 24.8 Å². The van der Waals surface area contributed by atoms with E-state index in [9.17, 15) is 4.79 Å². The van der Waals surface area contributed by atoms with E-state index in [-0.39, 0.29) is 11.6 Å². The van der Waals surface area contributed by atoms with Crippen molar-refractivity contribution >= 4 is 22.0 Å². The average Bonchev–Trinajstić information content (AvgIpc) is 2.84. The third kappa shape index (κ3) is 5.13. The van der Waals surface area contributed by atoms with E-state index < -0.39 is 0 Å². The number of nitrogens with one attached hydrogen (secondary N) is 1. The van der Waals surface area contributed by atoms with Crippen LogP contribution in [-0.2, 0) is 11.2 Å². The number of ether oxygens (including phenoxy) is 2. The topological polar surface area (TPSA) is 47.6 Å². The fraction of sp³-hybridized carbons (Fsp3) is 0.611. The van der Waals surface area contributed by atoms with Gasteiger partial charge in [0.2, 0.25) is 0 Å². The van der Waals surface area contributed by atoms with Crippen LogP contribution in [0.2, 0.25) is 0 Å². The predicted molar refractivity (Wildman–Crippen MR) is 95.1 cm³/mol. The number of benzene rings is 1. The molecule has 1 atom stereocenters. The lowest BCUT2D eigenvalue weighted by Crippen LogP contribution is -2.40. The molecule has 0 spiro atoms. The van der Waals surface area contributed by atoms with Gasteiger partial charge >= 0.3 is 6.09 Å². The monoisotopic (exact) mass is 383 g/mol. The molecule has 2 rings (SSSR count). The summed E-state index contributed by atoms with van der Waals surface area (Å²) in [5.41, 5.74) is 2.10. The number of carbonyl (C=O) groups is 1. The first-order valence-electron chi connectivity index (χ1n) is 8.30. The van der Waals surface area contributed by atoms with Gasteiger partial charge in [0.1, 0.15) is 12.4 Å². The van der Waals surface area contributed by atoms with Crippen molar-refractivity contribution in [2.45, 2.75) is 58.4 Å². The summed E-state index contributed by atoms with van der Waals surface area (Å²) in [4.78, 5) is 11.2. The molecule has 1 aromatic rings. The number of halogens is 1. The Morgan fingerprint density at radius 2 is 2.17 bits per heavy atom. The molecule has 0 radical (unpaired) electrons. The first kappa shape index (κ1) is 18.1. The van der Waals surface area contributed by atoms with Gasteiger partial charge in [-0.15, -0.1) is 0 Å². The molecule has 1 heterocycles. The third-order valence-corrected chi connectivity index (χ3v) is 4.76. The molecule has 0 aromatic heterocycles. The number of hydrogen-bond acceptors (Lipinski definition) is 3. The number of hydrogen-bond donors (Lipinski definition) is 1. The van der Waals surface area contributed by atoms with Crippen LogP contribution < -0.4 is 10.1 Å². The molecule has 23 heavy (non-hydrogen) atoms. The Bertz CT molecular complexity index is 538. The van der Waals surface area contributed by atoms with E-state index in [1.165, 1.54) is 18.4 Å². The van der Waals surface area contributed by atoms with Crippen LogP contribution in [0.3, 0.4) is 0 Å². The first-order valence-corrected chi connectivity index (χ1v) is 9.09. The second-order valence-electron chi connectivity index (χ2n) is 6.54. The second-order valence-corrected chi connectivity index (χ2v) is 7.40. The zero-order valence-corrected chi connectivity index (χ0v) is 15.8. The highest BCUT2D eigenvalue weighted by molar-refractivity contribution is 9.10. The summed E-state index contributed by atoms with van der Waals surface area (Å²) in [5.74, 6) is 0.938. The number of carbonyl (C=O) groups excluding carboxylic acids is 1. The summed E-state index contributed by atoms with van der Waals surface area (Å²) >= 11 is 3.62. The van der Waals surface area contributed by atoms with E-state index in [1.54, 1.807) is 0 Å². The summed E-state index contributed by atoms with van der Waals surface area (Å²) in [7, 11) is 0. The van der Waals surface area contributed by atoms with Crippen molar-refractivity contribution in [3.05, 3.63) is 27.7 Å². The summed E-state index contributed by atoms with van der Waals surface area (Å²) in [6, 6.07) is 4.28. The van der Waals surface area contributed by atoms with E-state index in [1.807, 2.05) is 6.92 Å². The van der Waals surface area contributed by atoms with Crippen LogP contribution in [0.1, 0.15) is 50.7 Å². The molecule has 1 aliphatic heterocycles. The number of aryl methyl sites for hydroxylation is 2. The van der Waals surface area contributed by atoms with Crippen LogP contribution in [0, 0.1) is 6.92 Å². The van der Waals surface area contributed by atoms with Crippen molar-refractivity contribution in [2.75, 3.05) is 13.2 Å². The van der Waals surface area contributed by atoms with Crippen LogP contribution >= 0.6 is 15.9 Å². The number of rotatable bonds is 8. The molecule has 1 N–H and O–H groups in total. The minimum absolute atomic E-state index is 0.271. The largest absolute Gasteiger partial charge is 0.492 e. The van der Waals surface area contributed by atoms with Crippen LogP contribution in [0.5, 0.6) is 5.75 Å². The highest BCUT2D eigenvalue weighted by Gasteiger charge is 2.34.